The summed E-state index contributed by atoms with van der Waals surface area (Å²) in [4.78, 5) is 12.8. The van der Waals surface area contributed by atoms with Crippen LogP contribution in [0.3, 0.4) is 0 Å². The van der Waals surface area contributed by atoms with E-state index in [-0.39, 0.29) is 12.2 Å². The Morgan fingerprint density at radius 3 is 2.69 bits per heavy atom. The maximum atomic E-state index is 12.8. The molecule has 1 atom stereocenters. The molecule has 0 aliphatic heterocycles. The molecule has 7 nitrogen and oxygen atoms in total. The number of hydrogen-bond donors (Lipinski definition) is 1. The van der Waals surface area contributed by atoms with Crippen molar-refractivity contribution in [2.75, 3.05) is 12.4 Å². The van der Waals surface area contributed by atoms with E-state index < -0.39 is 6.10 Å². The molecule has 148 valence electrons. The van der Waals surface area contributed by atoms with Crippen LogP contribution in [-0.2, 0) is 6.54 Å². The lowest BCUT2D eigenvalue weighted by Gasteiger charge is -2.12. The number of hydrogen-bond acceptors (Lipinski definition) is 6. The molecule has 8 heteroatoms. The lowest BCUT2D eigenvalue weighted by Crippen LogP contribution is -2.23. The SMILES string of the molecule is C=CCn1c(=O)c2ccccc2n2c(SCC(O)COc3ccccc3)nnc12. The lowest BCUT2D eigenvalue weighted by molar-refractivity contribution is 0.126. The molecule has 0 saturated heterocycles. The number of allylic oxidation sites excluding steroid dienone is 1. The Morgan fingerprint density at radius 1 is 1.14 bits per heavy atom. The molecule has 1 unspecified atom stereocenters. The summed E-state index contributed by atoms with van der Waals surface area (Å²) in [5.41, 5.74) is 0.601. The van der Waals surface area contributed by atoms with Gasteiger partial charge in [0.15, 0.2) is 5.16 Å². The van der Waals surface area contributed by atoms with Crippen LogP contribution in [0.4, 0.5) is 0 Å². The van der Waals surface area contributed by atoms with Crippen molar-refractivity contribution in [3.8, 4) is 5.75 Å². The molecule has 1 N–H and O–H groups in total. The number of rotatable bonds is 8. The van der Waals surface area contributed by atoms with Crippen LogP contribution < -0.4 is 10.3 Å². The predicted molar refractivity (Wildman–Crippen MR) is 114 cm³/mol. The fraction of sp³-hybridized carbons (Fsp3) is 0.190. The van der Waals surface area contributed by atoms with Gasteiger partial charge in [-0.1, -0.05) is 48.2 Å². The molecular formula is C21H20N4O3S. The second-order valence-corrected chi connectivity index (χ2v) is 7.42. The number of aliphatic hydroxyl groups excluding tert-OH is 1. The molecule has 2 heterocycles. The lowest BCUT2D eigenvalue weighted by atomic mass is 10.2. The summed E-state index contributed by atoms with van der Waals surface area (Å²) in [5.74, 6) is 1.54. The second-order valence-electron chi connectivity index (χ2n) is 6.43. The van der Waals surface area contributed by atoms with E-state index in [0.717, 1.165) is 5.52 Å². The summed E-state index contributed by atoms with van der Waals surface area (Å²) in [6.07, 6.45) is 0.973. The molecule has 0 aliphatic carbocycles. The van der Waals surface area contributed by atoms with Crippen LogP contribution in [0.2, 0.25) is 0 Å². The number of ether oxygens (including phenoxy) is 1. The number of para-hydroxylation sites is 2. The average Bonchev–Trinajstić information content (AvgIpc) is 3.18. The fourth-order valence-electron chi connectivity index (χ4n) is 3.05. The van der Waals surface area contributed by atoms with Crippen molar-refractivity contribution in [2.24, 2.45) is 0 Å². The largest absolute Gasteiger partial charge is 0.491 e. The molecule has 0 spiro atoms. The Kier molecular flexibility index (Phi) is 5.64. The standard InChI is InChI=1S/C21H20N4O3S/c1-2-12-24-19(27)17-10-6-7-11-18(17)25-20(24)22-23-21(25)29-14-15(26)13-28-16-8-4-3-5-9-16/h2-11,15,26H,1,12-14H2. The van der Waals surface area contributed by atoms with Gasteiger partial charge in [-0.15, -0.1) is 16.8 Å². The highest BCUT2D eigenvalue weighted by Gasteiger charge is 2.17. The zero-order valence-corrected chi connectivity index (χ0v) is 16.5. The zero-order chi connectivity index (χ0) is 20.2. The topological polar surface area (TPSA) is 81.7 Å². The monoisotopic (exact) mass is 408 g/mol. The Labute approximate surface area is 171 Å². The van der Waals surface area contributed by atoms with Crippen molar-refractivity contribution in [1.29, 1.82) is 0 Å². The van der Waals surface area contributed by atoms with E-state index in [2.05, 4.69) is 16.8 Å². The normalized spacial score (nSPS) is 12.3. The molecule has 0 fully saturated rings. The fourth-order valence-corrected chi connectivity index (χ4v) is 3.89. The molecule has 0 saturated carbocycles. The third-order valence-electron chi connectivity index (χ3n) is 4.38. The minimum Gasteiger partial charge on any atom is -0.491 e. The Bertz CT molecular complexity index is 1200. The molecule has 2 aromatic carbocycles. The molecule has 0 amide bonds. The summed E-state index contributed by atoms with van der Waals surface area (Å²) >= 11 is 1.37. The van der Waals surface area contributed by atoms with Crippen LogP contribution >= 0.6 is 11.8 Å². The number of aliphatic hydroxyl groups is 1. The van der Waals surface area contributed by atoms with Gasteiger partial charge in [0, 0.05) is 12.3 Å². The van der Waals surface area contributed by atoms with E-state index in [0.29, 0.717) is 34.4 Å². The summed E-state index contributed by atoms with van der Waals surface area (Å²) < 4.78 is 8.99. The van der Waals surface area contributed by atoms with Gasteiger partial charge in [-0.2, -0.15) is 0 Å². The third kappa shape index (κ3) is 3.90. The first-order valence-electron chi connectivity index (χ1n) is 9.15. The van der Waals surface area contributed by atoms with Crippen LogP contribution in [0.5, 0.6) is 5.75 Å². The highest BCUT2D eigenvalue weighted by molar-refractivity contribution is 7.99. The minimum atomic E-state index is -0.682. The van der Waals surface area contributed by atoms with E-state index in [9.17, 15) is 9.90 Å². The number of fused-ring (bicyclic) bond motifs is 3. The first kappa shape index (κ1) is 19.2. The van der Waals surface area contributed by atoms with Crippen molar-refractivity contribution in [2.45, 2.75) is 17.8 Å². The quantitative estimate of drug-likeness (QED) is 0.357. The van der Waals surface area contributed by atoms with E-state index in [1.165, 1.54) is 11.8 Å². The van der Waals surface area contributed by atoms with Crippen LogP contribution in [0.1, 0.15) is 0 Å². The smallest absolute Gasteiger partial charge is 0.263 e. The molecule has 0 bridgehead atoms. The van der Waals surface area contributed by atoms with Gasteiger partial charge >= 0.3 is 0 Å². The summed E-state index contributed by atoms with van der Waals surface area (Å²) in [6, 6.07) is 16.7. The molecule has 0 radical (unpaired) electrons. The van der Waals surface area contributed by atoms with Crippen molar-refractivity contribution in [3.05, 3.63) is 77.6 Å². The molecule has 4 aromatic rings. The van der Waals surface area contributed by atoms with Crippen molar-refractivity contribution in [3.63, 3.8) is 0 Å². The highest BCUT2D eigenvalue weighted by Crippen LogP contribution is 2.22. The zero-order valence-electron chi connectivity index (χ0n) is 15.6. The van der Waals surface area contributed by atoms with Gasteiger partial charge in [-0.25, -0.2) is 0 Å². The first-order chi connectivity index (χ1) is 14.2. The number of nitrogens with zero attached hydrogens (tertiary/aromatic N) is 4. The van der Waals surface area contributed by atoms with Gasteiger partial charge in [-0.3, -0.25) is 13.8 Å². The van der Waals surface area contributed by atoms with Gasteiger partial charge in [0.25, 0.3) is 5.56 Å². The number of aromatic nitrogens is 4. The maximum absolute atomic E-state index is 12.8. The Hall–Kier alpha value is -3.10. The first-order valence-corrected chi connectivity index (χ1v) is 10.1. The van der Waals surface area contributed by atoms with Crippen LogP contribution in [0.15, 0.2) is 77.2 Å². The van der Waals surface area contributed by atoms with Gasteiger partial charge in [0.2, 0.25) is 5.78 Å². The molecular weight excluding hydrogens is 388 g/mol. The third-order valence-corrected chi connectivity index (χ3v) is 5.45. The summed E-state index contributed by atoms with van der Waals surface area (Å²) in [7, 11) is 0. The predicted octanol–water partition coefficient (Wildman–Crippen LogP) is 2.76. The summed E-state index contributed by atoms with van der Waals surface area (Å²) in [6.45, 7) is 4.24. The van der Waals surface area contributed by atoms with Crippen molar-refractivity contribution in [1.82, 2.24) is 19.2 Å². The van der Waals surface area contributed by atoms with Crippen LogP contribution in [-0.4, -0.2) is 42.7 Å². The van der Waals surface area contributed by atoms with Crippen LogP contribution in [0.25, 0.3) is 16.7 Å². The molecule has 29 heavy (non-hydrogen) atoms. The molecule has 4 rings (SSSR count). The maximum Gasteiger partial charge on any atom is 0.263 e. The van der Waals surface area contributed by atoms with Crippen molar-refractivity contribution < 1.29 is 9.84 Å². The van der Waals surface area contributed by atoms with Gasteiger partial charge < -0.3 is 9.84 Å². The van der Waals surface area contributed by atoms with Crippen molar-refractivity contribution >= 4 is 28.4 Å². The molecule has 2 aromatic heterocycles. The number of thioether (sulfide) groups is 1. The average molecular weight is 408 g/mol. The van der Waals surface area contributed by atoms with E-state index >= 15 is 0 Å². The minimum absolute atomic E-state index is 0.131. The van der Waals surface area contributed by atoms with Gasteiger partial charge in [0.1, 0.15) is 12.4 Å². The van der Waals surface area contributed by atoms with E-state index in [1.54, 1.807) is 16.7 Å². The van der Waals surface area contributed by atoms with E-state index in [1.807, 2.05) is 52.9 Å². The summed E-state index contributed by atoms with van der Waals surface area (Å²) in [5, 5.41) is 20.0. The molecule has 0 aliphatic rings. The van der Waals surface area contributed by atoms with E-state index in [4.69, 9.17) is 4.74 Å². The van der Waals surface area contributed by atoms with Gasteiger partial charge in [0.05, 0.1) is 17.0 Å². The van der Waals surface area contributed by atoms with Crippen LogP contribution in [0, 0.1) is 0 Å². The Morgan fingerprint density at radius 2 is 1.90 bits per heavy atom. The Balaban J connectivity index is 1.59. The number of benzene rings is 2. The second kappa shape index (κ2) is 8.50. The highest BCUT2D eigenvalue weighted by atomic mass is 32.2. The van der Waals surface area contributed by atoms with Gasteiger partial charge in [-0.05, 0) is 24.3 Å².